The first kappa shape index (κ1) is 19.6. The van der Waals surface area contributed by atoms with Crippen molar-refractivity contribution in [3.05, 3.63) is 53.5 Å². The van der Waals surface area contributed by atoms with Crippen molar-refractivity contribution in [1.29, 1.82) is 0 Å². The summed E-state index contributed by atoms with van der Waals surface area (Å²) in [7, 11) is 0. The SMILES string of the molecule is CCOC(=O)CNC(=O)NC1C=CC(c2c(C)nn(-c3ccccn3)c2C)C1. The lowest BCUT2D eigenvalue weighted by Gasteiger charge is -2.15. The van der Waals surface area contributed by atoms with E-state index >= 15 is 0 Å². The van der Waals surface area contributed by atoms with Gasteiger partial charge in [-0.3, -0.25) is 4.79 Å². The number of nitrogens with one attached hydrogen (secondary N) is 2. The molecule has 8 heteroatoms. The molecule has 0 saturated carbocycles. The van der Waals surface area contributed by atoms with Crippen molar-refractivity contribution in [3.63, 3.8) is 0 Å². The molecule has 28 heavy (non-hydrogen) atoms. The summed E-state index contributed by atoms with van der Waals surface area (Å²) in [5.74, 6) is 0.489. The molecule has 0 bridgehead atoms. The Bertz CT molecular complexity index is 875. The van der Waals surface area contributed by atoms with E-state index in [1.807, 2.05) is 42.8 Å². The number of urea groups is 1. The molecule has 2 heterocycles. The Balaban J connectivity index is 1.62. The average molecular weight is 383 g/mol. The highest BCUT2D eigenvalue weighted by atomic mass is 16.5. The number of amides is 2. The zero-order chi connectivity index (χ0) is 20.1. The Labute approximate surface area is 164 Å². The molecule has 148 valence electrons. The van der Waals surface area contributed by atoms with Gasteiger partial charge in [-0.05, 0) is 39.3 Å². The number of esters is 1. The van der Waals surface area contributed by atoms with Crippen molar-refractivity contribution < 1.29 is 14.3 Å². The van der Waals surface area contributed by atoms with Crippen LogP contribution in [0.2, 0.25) is 0 Å². The Morgan fingerprint density at radius 1 is 1.29 bits per heavy atom. The number of hydrogen-bond donors (Lipinski definition) is 2. The van der Waals surface area contributed by atoms with Gasteiger partial charge in [0.25, 0.3) is 0 Å². The highest BCUT2D eigenvalue weighted by Crippen LogP contribution is 2.33. The molecule has 0 aromatic carbocycles. The molecule has 0 saturated heterocycles. The van der Waals surface area contributed by atoms with Gasteiger partial charge in [0.05, 0.1) is 12.3 Å². The van der Waals surface area contributed by atoms with Crippen molar-refractivity contribution in [2.45, 2.75) is 39.2 Å². The van der Waals surface area contributed by atoms with E-state index in [1.54, 1.807) is 13.1 Å². The van der Waals surface area contributed by atoms with Crippen LogP contribution < -0.4 is 10.6 Å². The molecule has 2 N–H and O–H groups in total. The predicted octanol–water partition coefficient (Wildman–Crippen LogP) is 2.16. The lowest BCUT2D eigenvalue weighted by Crippen LogP contribution is -2.43. The molecule has 1 aliphatic carbocycles. The van der Waals surface area contributed by atoms with E-state index in [9.17, 15) is 9.59 Å². The Morgan fingerprint density at radius 2 is 2.11 bits per heavy atom. The van der Waals surface area contributed by atoms with Crippen molar-refractivity contribution in [3.8, 4) is 5.82 Å². The number of carbonyl (C=O) groups is 2. The fraction of sp³-hybridized carbons (Fsp3) is 0.400. The average Bonchev–Trinajstić information content (AvgIpc) is 3.24. The van der Waals surface area contributed by atoms with E-state index in [1.165, 1.54) is 0 Å². The predicted molar refractivity (Wildman–Crippen MR) is 104 cm³/mol. The van der Waals surface area contributed by atoms with E-state index in [4.69, 9.17) is 4.74 Å². The minimum atomic E-state index is -0.453. The van der Waals surface area contributed by atoms with Gasteiger partial charge < -0.3 is 15.4 Å². The van der Waals surface area contributed by atoms with Crippen LogP contribution in [0.1, 0.15) is 36.2 Å². The standard InChI is InChI=1S/C20H25N5O3/c1-4-28-18(26)12-22-20(27)23-16-9-8-15(11-16)19-13(2)24-25(14(19)3)17-7-5-6-10-21-17/h5-10,15-16H,4,11-12H2,1-3H3,(H2,22,23,27). The van der Waals surface area contributed by atoms with Gasteiger partial charge in [0, 0.05) is 29.4 Å². The van der Waals surface area contributed by atoms with Crippen LogP contribution in [-0.2, 0) is 9.53 Å². The van der Waals surface area contributed by atoms with E-state index < -0.39 is 5.97 Å². The number of aryl methyl sites for hydroxylation is 1. The lowest BCUT2D eigenvalue weighted by molar-refractivity contribution is -0.141. The molecule has 2 amide bonds. The minimum absolute atomic E-state index is 0.107. The van der Waals surface area contributed by atoms with Crippen LogP contribution in [0.15, 0.2) is 36.5 Å². The molecule has 2 atom stereocenters. The number of nitrogens with zero attached hydrogens (tertiary/aromatic N) is 3. The molecule has 2 aromatic rings. The Kier molecular flexibility index (Phi) is 6.08. The van der Waals surface area contributed by atoms with Gasteiger partial charge in [-0.2, -0.15) is 5.10 Å². The smallest absolute Gasteiger partial charge is 0.325 e. The molecule has 0 spiro atoms. The number of pyridine rings is 1. The summed E-state index contributed by atoms with van der Waals surface area (Å²) in [6.45, 7) is 5.89. The first-order chi connectivity index (χ1) is 13.5. The van der Waals surface area contributed by atoms with E-state index in [0.717, 1.165) is 29.2 Å². The number of aromatic nitrogens is 3. The third kappa shape index (κ3) is 4.39. The molecule has 2 aromatic heterocycles. The summed E-state index contributed by atoms with van der Waals surface area (Å²) in [6, 6.07) is 5.23. The fourth-order valence-electron chi connectivity index (χ4n) is 3.50. The van der Waals surface area contributed by atoms with Crippen LogP contribution in [0.4, 0.5) is 4.79 Å². The highest BCUT2D eigenvalue weighted by molar-refractivity contribution is 5.81. The number of allylic oxidation sites excluding steroid dienone is 1. The molecule has 2 unspecified atom stereocenters. The molecule has 3 rings (SSSR count). The van der Waals surface area contributed by atoms with Crippen LogP contribution in [0, 0.1) is 13.8 Å². The Hall–Kier alpha value is -3.16. The largest absolute Gasteiger partial charge is 0.465 e. The molecule has 0 radical (unpaired) electrons. The van der Waals surface area contributed by atoms with Gasteiger partial charge in [-0.1, -0.05) is 18.2 Å². The molecule has 8 nitrogen and oxygen atoms in total. The second-order valence-electron chi connectivity index (χ2n) is 6.65. The quantitative estimate of drug-likeness (QED) is 0.588. The van der Waals surface area contributed by atoms with Crippen LogP contribution in [0.5, 0.6) is 0 Å². The zero-order valence-corrected chi connectivity index (χ0v) is 16.3. The molecular formula is C20H25N5O3. The topological polar surface area (TPSA) is 98.1 Å². The third-order valence-corrected chi connectivity index (χ3v) is 4.68. The van der Waals surface area contributed by atoms with E-state index in [0.29, 0.717) is 6.61 Å². The van der Waals surface area contributed by atoms with Crippen LogP contribution in [0.25, 0.3) is 5.82 Å². The second kappa shape index (κ2) is 8.69. The minimum Gasteiger partial charge on any atom is -0.465 e. The van der Waals surface area contributed by atoms with Gasteiger partial charge >= 0.3 is 12.0 Å². The first-order valence-corrected chi connectivity index (χ1v) is 9.35. The van der Waals surface area contributed by atoms with Gasteiger partial charge in [-0.15, -0.1) is 0 Å². The van der Waals surface area contributed by atoms with Crippen molar-refractivity contribution in [1.82, 2.24) is 25.4 Å². The fourth-order valence-corrected chi connectivity index (χ4v) is 3.50. The molecule has 1 aliphatic rings. The van der Waals surface area contributed by atoms with Crippen LogP contribution in [0.3, 0.4) is 0 Å². The summed E-state index contributed by atoms with van der Waals surface area (Å²) in [5, 5.41) is 10.0. The summed E-state index contributed by atoms with van der Waals surface area (Å²) >= 11 is 0. The van der Waals surface area contributed by atoms with E-state index in [2.05, 4.69) is 26.8 Å². The molecule has 0 aliphatic heterocycles. The summed E-state index contributed by atoms with van der Waals surface area (Å²) < 4.78 is 6.64. The highest BCUT2D eigenvalue weighted by Gasteiger charge is 2.27. The maximum atomic E-state index is 12.0. The summed E-state index contributed by atoms with van der Waals surface area (Å²) in [6.07, 6.45) is 6.56. The van der Waals surface area contributed by atoms with Crippen LogP contribution in [-0.4, -0.2) is 46.0 Å². The van der Waals surface area contributed by atoms with Crippen molar-refractivity contribution in [2.24, 2.45) is 0 Å². The van der Waals surface area contributed by atoms with Gasteiger partial charge in [-0.25, -0.2) is 14.5 Å². The number of ether oxygens (including phenoxy) is 1. The van der Waals surface area contributed by atoms with Crippen molar-refractivity contribution in [2.75, 3.05) is 13.2 Å². The molecular weight excluding hydrogens is 358 g/mol. The Morgan fingerprint density at radius 3 is 2.82 bits per heavy atom. The van der Waals surface area contributed by atoms with Gasteiger partial charge in [0.15, 0.2) is 5.82 Å². The van der Waals surface area contributed by atoms with Crippen molar-refractivity contribution >= 4 is 12.0 Å². The first-order valence-electron chi connectivity index (χ1n) is 9.35. The summed E-state index contributed by atoms with van der Waals surface area (Å²) in [5.41, 5.74) is 3.14. The van der Waals surface area contributed by atoms with E-state index in [-0.39, 0.29) is 24.5 Å². The third-order valence-electron chi connectivity index (χ3n) is 4.68. The zero-order valence-electron chi connectivity index (χ0n) is 16.3. The molecule has 0 fully saturated rings. The normalized spacial score (nSPS) is 18.1. The maximum Gasteiger partial charge on any atom is 0.325 e. The van der Waals surface area contributed by atoms with Crippen LogP contribution >= 0.6 is 0 Å². The maximum absolute atomic E-state index is 12.0. The second-order valence-corrected chi connectivity index (χ2v) is 6.65. The summed E-state index contributed by atoms with van der Waals surface area (Å²) in [4.78, 5) is 27.7. The number of rotatable bonds is 6. The van der Waals surface area contributed by atoms with Gasteiger partial charge in [0.2, 0.25) is 0 Å². The number of hydrogen-bond acceptors (Lipinski definition) is 5. The monoisotopic (exact) mass is 383 g/mol. The number of carbonyl (C=O) groups excluding carboxylic acids is 2. The van der Waals surface area contributed by atoms with Gasteiger partial charge in [0.1, 0.15) is 6.54 Å². The lowest BCUT2D eigenvalue weighted by atomic mass is 9.96.